The fourth-order valence-corrected chi connectivity index (χ4v) is 5.32. The average Bonchev–Trinajstić information content (AvgIpc) is 2.99. The first-order valence-electron chi connectivity index (χ1n) is 9.72. The number of halogens is 1. The van der Waals surface area contributed by atoms with E-state index in [0.717, 1.165) is 17.0 Å². The van der Waals surface area contributed by atoms with Crippen molar-refractivity contribution in [2.24, 2.45) is 5.92 Å². The molecule has 3 amide bonds. The SMILES string of the molecule is CN1C(=O)c2cccc(NC(=O)C3CCN(S(=O)(=O)c4ccc(F)cc4)CC3)c2C1=O. The Balaban J connectivity index is 1.44. The van der Waals surface area contributed by atoms with Gasteiger partial charge in [0.1, 0.15) is 5.82 Å². The van der Waals surface area contributed by atoms with Crippen LogP contribution in [-0.2, 0) is 14.8 Å². The number of rotatable bonds is 4. The molecule has 0 saturated carbocycles. The van der Waals surface area contributed by atoms with Crippen molar-refractivity contribution >= 4 is 33.4 Å². The Kier molecular flexibility index (Phi) is 5.36. The number of piperidine rings is 1. The number of hydrogen-bond donors (Lipinski definition) is 1. The van der Waals surface area contributed by atoms with E-state index in [2.05, 4.69) is 5.32 Å². The number of benzene rings is 2. The molecule has 162 valence electrons. The molecule has 0 atom stereocenters. The third kappa shape index (κ3) is 3.72. The van der Waals surface area contributed by atoms with E-state index in [1.54, 1.807) is 12.1 Å². The zero-order valence-electron chi connectivity index (χ0n) is 16.7. The Labute approximate surface area is 178 Å². The predicted octanol–water partition coefficient (Wildman–Crippen LogP) is 2.09. The lowest BCUT2D eigenvalue weighted by atomic mass is 9.96. The van der Waals surface area contributed by atoms with Gasteiger partial charge in [-0.3, -0.25) is 19.3 Å². The van der Waals surface area contributed by atoms with Crippen molar-refractivity contribution in [2.45, 2.75) is 17.7 Å². The maximum atomic E-state index is 13.1. The van der Waals surface area contributed by atoms with Crippen LogP contribution in [0.15, 0.2) is 47.4 Å². The standard InChI is InChI=1S/C21H20FN3O5S/c1-24-20(27)16-3-2-4-17(18(16)21(24)28)23-19(26)13-9-11-25(12-10-13)31(29,30)15-7-5-14(22)6-8-15/h2-8,13H,9-12H2,1H3,(H,23,26). The van der Waals surface area contributed by atoms with E-state index >= 15 is 0 Å². The van der Waals surface area contributed by atoms with Gasteiger partial charge in [0.15, 0.2) is 0 Å². The quantitative estimate of drug-likeness (QED) is 0.726. The molecule has 2 heterocycles. The first-order chi connectivity index (χ1) is 14.7. The lowest BCUT2D eigenvalue weighted by Gasteiger charge is -2.30. The second kappa shape index (κ2) is 7.86. The number of carbonyl (C=O) groups excluding carboxylic acids is 3. The van der Waals surface area contributed by atoms with Crippen molar-refractivity contribution in [1.82, 2.24) is 9.21 Å². The van der Waals surface area contributed by atoms with Crippen LogP contribution in [0.2, 0.25) is 0 Å². The molecule has 1 saturated heterocycles. The van der Waals surface area contributed by atoms with Gasteiger partial charge in [-0.1, -0.05) is 6.07 Å². The summed E-state index contributed by atoms with van der Waals surface area (Å²) in [5.74, 6) is -2.19. The van der Waals surface area contributed by atoms with Crippen LogP contribution < -0.4 is 5.32 Å². The minimum Gasteiger partial charge on any atom is -0.325 e. The third-order valence-corrected chi connectivity index (χ3v) is 7.56. The van der Waals surface area contributed by atoms with Crippen LogP contribution in [-0.4, -0.2) is 55.5 Å². The second-order valence-corrected chi connectivity index (χ2v) is 9.46. The molecule has 1 fully saturated rings. The molecule has 0 unspecified atom stereocenters. The molecule has 0 spiro atoms. The minimum absolute atomic E-state index is 0.00366. The van der Waals surface area contributed by atoms with Crippen molar-refractivity contribution in [3.05, 3.63) is 59.4 Å². The van der Waals surface area contributed by atoms with Crippen LogP contribution in [0.25, 0.3) is 0 Å². The molecule has 31 heavy (non-hydrogen) atoms. The van der Waals surface area contributed by atoms with Gasteiger partial charge in [-0.15, -0.1) is 0 Å². The number of nitrogens with one attached hydrogen (secondary N) is 1. The first-order valence-corrected chi connectivity index (χ1v) is 11.2. The van der Waals surface area contributed by atoms with E-state index in [9.17, 15) is 27.2 Å². The number of nitrogens with zero attached hydrogens (tertiary/aromatic N) is 2. The predicted molar refractivity (Wildman–Crippen MR) is 109 cm³/mol. The van der Waals surface area contributed by atoms with Crippen molar-refractivity contribution in [3.63, 3.8) is 0 Å². The summed E-state index contributed by atoms with van der Waals surface area (Å²) >= 11 is 0. The number of anilines is 1. The van der Waals surface area contributed by atoms with E-state index in [1.807, 2.05) is 0 Å². The van der Waals surface area contributed by atoms with Crippen LogP contribution in [0.4, 0.5) is 10.1 Å². The second-order valence-electron chi connectivity index (χ2n) is 7.52. The molecule has 8 nitrogen and oxygen atoms in total. The van der Waals surface area contributed by atoms with Crippen LogP contribution in [0, 0.1) is 11.7 Å². The number of fused-ring (bicyclic) bond motifs is 1. The molecule has 4 rings (SSSR count). The number of amides is 3. The fourth-order valence-electron chi connectivity index (χ4n) is 3.85. The summed E-state index contributed by atoms with van der Waals surface area (Å²) in [7, 11) is -2.38. The van der Waals surface area contributed by atoms with Crippen molar-refractivity contribution in [1.29, 1.82) is 0 Å². The molecule has 1 N–H and O–H groups in total. The highest BCUT2D eigenvalue weighted by atomic mass is 32.2. The van der Waals surface area contributed by atoms with Crippen LogP contribution in [0.3, 0.4) is 0 Å². The van der Waals surface area contributed by atoms with Crippen LogP contribution in [0.5, 0.6) is 0 Å². The molecule has 2 aromatic carbocycles. The summed E-state index contributed by atoms with van der Waals surface area (Å²) in [6.45, 7) is 0.287. The van der Waals surface area contributed by atoms with Gasteiger partial charge in [0, 0.05) is 26.1 Å². The van der Waals surface area contributed by atoms with Crippen molar-refractivity contribution in [3.8, 4) is 0 Å². The highest BCUT2D eigenvalue weighted by Crippen LogP contribution is 2.30. The van der Waals surface area contributed by atoms with Gasteiger partial charge in [0.2, 0.25) is 15.9 Å². The van der Waals surface area contributed by atoms with Gasteiger partial charge >= 0.3 is 0 Å². The Morgan fingerprint density at radius 3 is 2.32 bits per heavy atom. The maximum Gasteiger partial charge on any atom is 0.263 e. The summed E-state index contributed by atoms with van der Waals surface area (Å²) in [6, 6.07) is 9.31. The number of hydrogen-bond acceptors (Lipinski definition) is 5. The van der Waals surface area contributed by atoms with Crippen LogP contribution in [0.1, 0.15) is 33.6 Å². The molecule has 0 bridgehead atoms. The van der Waals surface area contributed by atoms with E-state index in [-0.39, 0.29) is 40.7 Å². The molecule has 0 aliphatic carbocycles. The molecule has 10 heteroatoms. The Hall–Kier alpha value is -3.11. The zero-order valence-corrected chi connectivity index (χ0v) is 17.5. The largest absolute Gasteiger partial charge is 0.325 e. The molecule has 2 aliphatic rings. The number of carbonyl (C=O) groups is 3. The Bertz CT molecular complexity index is 1170. The van der Waals surface area contributed by atoms with Gasteiger partial charge < -0.3 is 5.32 Å². The molecule has 0 aromatic heterocycles. The van der Waals surface area contributed by atoms with E-state index < -0.39 is 33.6 Å². The normalized spacial score (nSPS) is 17.7. The molecule has 2 aromatic rings. The van der Waals surface area contributed by atoms with Gasteiger partial charge in [0.05, 0.1) is 21.7 Å². The zero-order chi connectivity index (χ0) is 22.3. The first kappa shape index (κ1) is 21.1. The Morgan fingerprint density at radius 1 is 1.03 bits per heavy atom. The maximum absolute atomic E-state index is 13.1. The van der Waals surface area contributed by atoms with E-state index in [0.29, 0.717) is 12.8 Å². The fraction of sp³-hybridized carbons (Fsp3) is 0.286. The van der Waals surface area contributed by atoms with E-state index in [1.165, 1.54) is 29.6 Å². The number of sulfonamides is 1. The summed E-state index contributed by atoms with van der Waals surface area (Å²) in [5, 5.41) is 2.73. The van der Waals surface area contributed by atoms with Crippen molar-refractivity contribution < 1.29 is 27.2 Å². The van der Waals surface area contributed by atoms with Gasteiger partial charge in [0.25, 0.3) is 11.8 Å². The third-order valence-electron chi connectivity index (χ3n) is 5.65. The summed E-state index contributed by atoms with van der Waals surface area (Å²) in [4.78, 5) is 38.2. The highest BCUT2D eigenvalue weighted by molar-refractivity contribution is 7.89. The lowest BCUT2D eigenvalue weighted by Crippen LogP contribution is -2.41. The van der Waals surface area contributed by atoms with Crippen LogP contribution >= 0.6 is 0 Å². The topological polar surface area (TPSA) is 104 Å². The molecule has 0 radical (unpaired) electrons. The highest BCUT2D eigenvalue weighted by Gasteiger charge is 2.36. The summed E-state index contributed by atoms with van der Waals surface area (Å²) in [6.07, 6.45) is 0.599. The van der Waals surface area contributed by atoms with Crippen molar-refractivity contribution in [2.75, 3.05) is 25.5 Å². The monoisotopic (exact) mass is 445 g/mol. The number of imide groups is 1. The van der Waals surface area contributed by atoms with E-state index in [4.69, 9.17) is 0 Å². The molecule has 2 aliphatic heterocycles. The van der Waals surface area contributed by atoms with Gasteiger partial charge in [-0.25, -0.2) is 12.8 Å². The summed E-state index contributed by atoms with van der Waals surface area (Å²) in [5.41, 5.74) is 0.678. The molecular formula is C21H20FN3O5S. The Morgan fingerprint density at radius 2 is 1.68 bits per heavy atom. The minimum atomic E-state index is -3.77. The summed E-state index contributed by atoms with van der Waals surface area (Å²) < 4.78 is 39.8. The average molecular weight is 445 g/mol. The smallest absolute Gasteiger partial charge is 0.263 e. The molecular weight excluding hydrogens is 425 g/mol. The van der Waals surface area contributed by atoms with Gasteiger partial charge in [-0.2, -0.15) is 4.31 Å². The lowest BCUT2D eigenvalue weighted by molar-refractivity contribution is -0.120. The van der Waals surface area contributed by atoms with Gasteiger partial charge in [-0.05, 0) is 49.2 Å².